The molecule has 1 amide bonds. The van der Waals surface area contributed by atoms with Crippen molar-refractivity contribution in [1.29, 1.82) is 0 Å². The molecule has 8 heteroatoms. The lowest BCUT2D eigenvalue weighted by Crippen LogP contribution is -2.13. The van der Waals surface area contributed by atoms with Crippen LogP contribution < -0.4 is 11.1 Å². The van der Waals surface area contributed by atoms with Gasteiger partial charge >= 0.3 is 0 Å². The first-order valence-corrected chi connectivity index (χ1v) is 10.8. The minimum absolute atomic E-state index is 0. The van der Waals surface area contributed by atoms with Crippen LogP contribution in [0.15, 0.2) is 30.3 Å². The zero-order valence-electron chi connectivity index (χ0n) is 14.8. The Bertz CT molecular complexity index is 1070. The molecule has 5 nitrogen and oxygen atoms in total. The van der Waals surface area contributed by atoms with Gasteiger partial charge in [-0.25, -0.2) is 0 Å². The summed E-state index contributed by atoms with van der Waals surface area (Å²) in [5, 5.41) is 13.6. The van der Waals surface area contributed by atoms with E-state index in [1.54, 1.807) is 18.2 Å². The summed E-state index contributed by atoms with van der Waals surface area (Å²) in [5.74, 6) is 0.00911. The Morgan fingerprint density at radius 2 is 1.79 bits per heavy atom. The van der Waals surface area contributed by atoms with E-state index in [1.807, 2.05) is 57.3 Å². The van der Waals surface area contributed by atoms with Gasteiger partial charge in [0.15, 0.2) is 0 Å². The lowest BCUT2D eigenvalue weighted by Gasteiger charge is -2.18. The number of rotatable bonds is 2. The van der Waals surface area contributed by atoms with E-state index in [-0.39, 0.29) is 24.1 Å². The third-order valence-corrected chi connectivity index (χ3v) is 6.49. The summed E-state index contributed by atoms with van der Waals surface area (Å²) in [5.41, 5.74) is 11.4. The van der Waals surface area contributed by atoms with Gasteiger partial charge in [0.2, 0.25) is 0 Å². The van der Waals surface area contributed by atoms with Crippen LogP contribution in [0.25, 0.3) is 10.9 Å². The van der Waals surface area contributed by atoms with Crippen LogP contribution in [0.5, 0.6) is 5.75 Å². The summed E-state index contributed by atoms with van der Waals surface area (Å²) in [7, 11) is 0. The molecule has 2 aromatic carbocycles. The van der Waals surface area contributed by atoms with E-state index in [2.05, 4.69) is 5.32 Å². The number of pyridine rings is 1. The van der Waals surface area contributed by atoms with Gasteiger partial charge in [-0.1, -0.05) is 0 Å². The topological polar surface area (TPSA) is 88.2 Å². The first-order chi connectivity index (χ1) is 12.9. The number of aryl methyl sites for hydroxylation is 1. The van der Waals surface area contributed by atoms with Crippen molar-refractivity contribution in [3.63, 3.8) is 0 Å². The van der Waals surface area contributed by atoms with Crippen LogP contribution in [0.1, 0.15) is 34.5 Å². The van der Waals surface area contributed by atoms with Crippen molar-refractivity contribution in [1.82, 2.24) is 4.98 Å². The fraction of sp³-hybridized carbons (Fsp3) is 0.200. The first kappa shape index (κ1) is 21.4. The number of carbonyl (C=O) groups is 1. The molecule has 0 aliphatic heterocycles. The summed E-state index contributed by atoms with van der Waals surface area (Å²) in [6.45, 7) is 0. The largest absolute Gasteiger partial charge is 0.506 e. The average molecular weight is 622 g/mol. The number of amides is 1. The molecule has 0 fully saturated rings. The van der Waals surface area contributed by atoms with Crippen LogP contribution >= 0.6 is 57.6 Å². The number of aromatic hydroxyl groups is 1. The molecule has 4 rings (SSSR count). The number of hydrogen-bond donors (Lipinski definition) is 3. The second-order valence-electron chi connectivity index (χ2n) is 6.63. The lowest BCUT2D eigenvalue weighted by molar-refractivity contribution is 0.102. The number of halogens is 3. The average Bonchev–Trinajstić information content (AvgIpc) is 2.66. The number of nitrogens with two attached hydrogens (primary N) is 1. The maximum atomic E-state index is 12.7. The molecule has 0 saturated heterocycles. The highest BCUT2D eigenvalue weighted by molar-refractivity contribution is 14.1. The number of nitrogens with zero attached hydrogens (tertiary/aromatic N) is 1. The monoisotopic (exact) mass is 621 g/mol. The van der Waals surface area contributed by atoms with Gasteiger partial charge in [-0.05, 0) is 107 Å². The Hall–Kier alpha value is -1.33. The van der Waals surface area contributed by atoms with Crippen molar-refractivity contribution >= 4 is 85.8 Å². The molecule has 0 atom stereocenters. The molecule has 1 aliphatic carbocycles. The van der Waals surface area contributed by atoms with Crippen LogP contribution in [0.3, 0.4) is 0 Å². The lowest BCUT2D eigenvalue weighted by atomic mass is 9.92. The number of carbonyl (C=O) groups excluding carboxylic acids is 1. The minimum Gasteiger partial charge on any atom is -0.506 e. The van der Waals surface area contributed by atoms with Gasteiger partial charge in [0, 0.05) is 28.0 Å². The Labute approximate surface area is 196 Å². The molecule has 0 unspecified atom stereocenters. The first-order valence-electron chi connectivity index (χ1n) is 8.64. The molecule has 0 spiro atoms. The second-order valence-corrected chi connectivity index (χ2v) is 8.96. The summed E-state index contributed by atoms with van der Waals surface area (Å²) in [6, 6.07) is 8.93. The molecule has 146 valence electrons. The van der Waals surface area contributed by atoms with Crippen molar-refractivity contribution in [3.05, 3.63) is 54.3 Å². The van der Waals surface area contributed by atoms with E-state index in [0.29, 0.717) is 18.4 Å². The van der Waals surface area contributed by atoms with Crippen molar-refractivity contribution in [2.45, 2.75) is 25.7 Å². The molecule has 0 radical (unpaired) electrons. The zero-order chi connectivity index (χ0) is 19.1. The molecule has 0 saturated carbocycles. The third kappa shape index (κ3) is 4.02. The summed E-state index contributed by atoms with van der Waals surface area (Å²) in [4.78, 5) is 17.5. The Kier molecular flexibility index (Phi) is 6.55. The van der Waals surface area contributed by atoms with Crippen molar-refractivity contribution in [2.75, 3.05) is 11.1 Å². The molecule has 1 heterocycles. The Morgan fingerprint density at radius 1 is 1.11 bits per heavy atom. The predicted molar refractivity (Wildman–Crippen MR) is 132 cm³/mol. The van der Waals surface area contributed by atoms with Crippen molar-refractivity contribution in [3.8, 4) is 5.75 Å². The van der Waals surface area contributed by atoms with Gasteiger partial charge in [-0.15, -0.1) is 12.4 Å². The zero-order valence-corrected chi connectivity index (χ0v) is 19.9. The van der Waals surface area contributed by atoms with Gasteiger partial charge < -0.3 is 16.2 Å². The third-order valence-electron chi connectivity index (χ3n) is 4.84. The van der Waals surface area contributed by atoms with Crippen LogP contribution in [0, 0.1) is 7.14 Å². The SMILES string of the molecule is Cl.Nc1c2c(nc3ccc(C(=O)Nc4cc(I)c(O)c(I)c4)cc13)CCCC2. The highest BCUT2D eigenvalue weighted by atomic mass is 127. The van der Waals surface area contributed by atoms with Crippen molar-refractivity contribution < 1.29 is 9.90 Å². The number of nitrogen functional groups attached to an aromatic ring is 1. The van der Waals surface area contributed by atoms with Gasteiger partial charge in [0.1, 0.15) is 5.75 Å². The molecule has 1 aromatic heterocycles. The normalized spacial score (nSPS) is 12.9. The van der Waals surface area contributed by atoms with Gasteiger partial charge in [0.05, 0.1) is 12.7 Å². The maximum absolute atomic E-state index is 12.7. The van der Waals surface area contributed by atoms with Crippen molar-refractivity contribution in [2.24, 2.45) is 0 Å². The number of nitrogens with one attached hydrogen (secondary N) is 1. The summed E-state index contributed by atoms with van der Waals surface area (Å²) >= 11 is 4.08. The van der Waals surface area contributed by atoms with E-state index in [1.165, 1.54) is 0 Å². The summed E-state index contributed by atoms with van der Waals surface area (Å²) < 4.78 is 1.38. The Balaban J connectivity index is 0.00000225. The van der Waals surface area contributed by atoms with Gasteiger partial charge in [0.25, 0.3) is 5.91 Å². The van der Waals surface area contributed by atoms with Gasteiger partial charge in [-0.3, -0.25) is 9.78 Å². The van der Waals surface area contributed by atoms with Crippen LogP contribution in [-0.2, 0) is 12.8 Å². The quantitative estimate of drug-likeness (QED) is 0.268. The van der Waals surface area contributed by atoms with E-state index < -0.39 is 0 Å². The van der Waals surface area contributed by atoms with Gasteiger partial charge in [-0.2, -0.15) is 0 Å². The second kappa shape index (κ2) is 8.58. The number of benzene rings is 2. The number of anilines is 2. The summed E-state index contributed by atoms with van der Waals surface area (Å²) in [6.07, 6.45) is 4.19. The molecular weight excluding hydrogens is 603 g/mol. The number of phenols is 1. The van der Waals surface area contributed by atoms with Crippen LogP contribution in [0.4, 0.5) is 11.4 Å². The van der Waals surface area contributed by atoms with Crippen LogP contribution in [-0.4, -0.2) is 16.0 Å². The van der Waals surface area contributed by atoms with E-state index >= 15 is 0 Å². The molecule has 0 bridgehead atoms. The molecule has 1 aliphatic rings. The van der Waals surface area contributed by atoms with Crippen LogP contribution in [0.2, 0.25) is 0 Å². The predicted octanol–water partition coefficient (Wildman–Crippen LogP) is 5.28. The molecule has 28 heavy (non-hydrogen) atoms. The van der Waals surface area contributed by atoms with E-state index in [4.69, 9.17) is 10.7 Å². The number of aromatic nitrogens is 1. The molecular formula is C20H18ClI2N3O2. The number of fused-ring (bicyclic) bond motifs is 2. The highest BCUT2D eigenvalue weighted by Crippen LogP contribution is 2.32. The Morgan fingerprint density at radius 3 is 2.50 bits per heavy atom. The maximum Gasteiger partial charge on any atom is 0.255 e. The number of phenolic OH excluding ortho intramolecular Hbond substituents is 1. The minimum atomic E-state index is -0.216. The standard InChI is InChI=1S/C20H17I2N3O2.ClH/c21-14-8-11(9-15(22)19(14)26)24-20(27)10-5-6-17-13(7-10)18(23)12-3-1-2-4-16(12)25-17;/h5-9,26H,1-4H2,(H2,23,25)(H,24,27);1H. The fourth-order valence-electron chi connectivity index (χ4n) is 3.44. The smallest absolute Gasteiger partial charge is 0.255 e. The number of hydrogen-bond acceptors (Lipinski definition) is 4. The fourth-order valence-corrected chi connectivity index (χ4v) is 5.21. The molecule has 3 aromatic rings. The molecule has 4 N–H and O–H groups in total. The van der Waals surface area contributed by atoms with E-state index in [9.17, 15) is 9.90 Å². The highest BCUT2D eigenvalue weighted by Gasteiger charge is 2.18. The van der Waals surface area contributed by atoms with E-state index in [0.717, 1.165) is 53.5 Å².